The maximum absolute atomic E-state index is 7.29. The summed E-state index contributed by atoms with van der Waals surface area (Å²) in [5.74, 6) is 2.58. The van der Waals surface area contributed by atoms with Gasteiger partial charge < -0.3 is 10.5 Å². The lowest BCUT2D eigenvalue weighted by Crippen LogP contribution is -2.53. The van der Waals surface area contributed by atoms with Gasteiger partial charge in [0, 0.05) is 0 Å². The zero-order valence-electron chi connectivity index (χ0n) is 8.46. The summed E-state index contributed by atoms with van der Waals surface area (Å²) in [6, 6.07) is -0.0769. The van der Waals surface area contributed by atoms with Gasteiger partial charge in [-0.1, -0.05) is 0 Å². The molecule has 0 unspecified atom stereocenters. The molecule has 0 aliphatic heterocycles. The second-order valence-corrected chi connectivity index (χ2v) is 5.57. The van der Waals surface area contributed by atoms with Gasteiger partial charge in [-0.05, 0) is 56.3 Å². The third-order valence-electron chi connectivity index (χ3n) is 4.31. The SMILES string of the molecule is N=C(N)OC12CC3CC(CC(C3)C1)C2. The summed E-state index contributed by atoms with van der Waals surface area (Å²) in [4.78, 5) is 0. The Bertz CT molecular complexity index is 239. The average molecular weight is 194 g/mol. The molecule has 4 bridgehead atoms. The number of amidine groups is 1. The van der Waals surface area contributed by atoms with Crippen molar-refractivity contribution < 1.29 is 4.74 Å². The average Bonchev–Trinajstić information content (AvgIpc) is 1.96. The van der Waals surface area contributed by atoms with Crippen LogP contribution in [0.1, 0.15) is 38.5 Å². The summed E-state index contributed by atoms with van der Waals surface area (Å²) >= 11 is 0. The molecule has 0 heterocycles. The van der Waals surface area contributed by atoms with Gasteiger partial charge in [0.05, 0.1) is 0 Å². The molecule has 4 aliphatic carbocycles. The second-order valence-electron chi connectivity index (χ2n) is 5.57. The molecular formula is C11H18N2O. The van der Waals surface area contributed by atoms with Gasteiger partial charge in [0.2, 0.25) is 0 Å². The van der Waals surface area contributed by atoms with Gasteiger partial charge in [0.15, 0.2) is 0 Å². The molecule has 0 aromatic carbocycles. The summed E-state index contributed by atoms with van der Waals surface area (Å²) < 4.78 is 5.61. The van der Waals surface area contributed by atoms with E-state index in [1.54, 1.807) is 0 Å². The van der Waals surface area contributed by atoms with Crippen LogP contribution < -0.4 is 5.73 Å². The van der Waals surface area contributed by atoms with Gasteiger partial charge in [-0.15, -0.1) is 0 Å². The smallest absolute Gasteiger partial charge is 0.279 e. The van der Waals surface area contributed by atoms with Gasteiger partial charge in [-0.25, -0.2) is 0 Å². The fourth-order valence-electron chi connectivity index (χ4n) is 4.39. The van der Waals surface area contributed by atoms with Crippen LogP contribution in [-0.2, 0) is 4.74 Å². The molecule has 4 saturated carbocycles. The zero-order chi connectivity index (χ0) is 9.76. The Kier molecular flexibility index (Phi) is 1.62. The molecule has 0 amide bonds. The van der Waals surface area contributed by atoms with Crippen molar-refractivity contribution in [3.05, 3.63) is 0 Å². The van der Waals surface area contributed by atoms with E-state index >= 15 is 0 Å². The Balaban J connectivity index is 1.83. The van der Waals surface area contributed by atoms with Crippen LogP contribution in [-0.4, -0.2) is 11.6 Å². The van der Waals surface area contributed by atoms with Crippen LogP contribution in [0.3, 0.4) is 0 Å². The second kappa shape index (κ2) is 2.65. The van der Waals surface area contributed by atoms with E-state index in [0.717, 1.165) is 37.0 Å². The van der Waals surface area contributed by atoms with E-state index in [4.69, 9.17) is 15.9 Å². The lowest BCUT2D eigenvalue weighted by molar-refractivity contribution is -0.116. The van der Waals surface area contributed by atoms with Crippen molar-refractivity contribution in [2.24, 2.45) is 23.5 Å². The molecule has 78 valence electrons. The van der Waals surface area contributed by atoms with E-state index in [1.165, 1.54) is 19.3 Å². The summed E-state index contributed by atoms with van der Waals surface area (Å²) in [7, 11) is 0. The maximum Gasteiger partial charge on any atom is 0.279 e. The standard InChI is InChI=1S/C11H18N2O/c12-10(13)14-11-4-7-1-8(5-11)3-9(2-7)6-11/h7-9H,1-6H2,(H3,12,13). The Morgan fingerprint density at radius 1 is 1.07 bits per heavy atom. The minimum Gasteiger partial charge on any atom is -0.459 e. The lowest BCUT2D eigenvalue weighted by Gasteiger charge is -2.55. The molecule has 0 radical (unpaired) electrons. The number of rotatable bonds is 1. The summed E-state index contributed by atoms with van der Waals surface area (Å²) in [5, 5.41) is 7.29. The monoisotopic (exact) mass is 194 g/mol. The predicted octanol–water partition coefficient (Wildman–Crippen LogP) is 1.87. The molecule has 0 saturated heterocycles. The van der Waals surface area contributed by atoms with Gasteiger partial charge >= 0.3 is 0 Å². The molecule has 3 heteroatoms. The predicted molar refractivity (Wildman–Crippen MR) is 53.9 cm³/mol. The van der Waals surface area contributed by atoms with E-state index in [2.05, 4.69) is 0 Å². The Morgan fingerprint density at radius 3 is 1.86 bits per heavy atom. The highest BCUT2D eigenvalue weighted by molar-refractivity contribution is 5.68. The largest absolute Gasteiger partial charge is 0.459 e. The number of hydrogen-bond donors (Lipinski definition) is 2. The van der Waals surface area contributed by atoms with E-state index < -0.39 is 0 Å². The Hall–Kier alpha value is -0.730. The Morgan fingerprint density at radius 2 is 1.50 bits per heavy atom. The zero-order valence-corrected chi connectivity index (χ0v) is 8.46. The van der Waals surface area contributed by atoms with Crippen LogP contribution in [0.5, 0.6) is 0 Å². The minimum absolute atomic E-state index is 0.0272. The minimum atomic E-state index is -0.0769. The highest BCUT2D eigenvalue weighted by Gasteiger charge is 2.52. The highest BCUT2D eigenvalue weighted by Crippen LogP contribution is 2.56. The summed E-state index contributed by atoms with van der Waals surface area (Å²) in [5.41, 5.74) is 5.35. The third-order valence-corrected chi connectivity index (χ3v) is 4.31. The molecular weight excluding hydrogens is 176 g/mol. The van der Waals surface area contributed by atoms with Gasteiger partial charge in [0.1, 0.15) is 5.60 Å². The van der Waals surface area contributed by atoms with Crippen molar-refractivity contribution in [2.45, 2.75) is 44.1 Å². The fourth-order valence-corrected chi connectivity index (χ4v) is 4.39. The molecule has 3 N–H and O–H groups in total. The van der Waals surface area contributed by atoms with Crippen LogP contribution >= 0.6 is 0 Å². The van der Waals surface area contributed by atoms with Crippen LogP contribution in [0.4, 0.5) is 0 Å². The number of ether oxygens (including phenoxy) is 1. The van der Waals surface area contributed by atoms with Crippen molar-refractivity contribution in [1.29, 1.82) is 5.41 Å². The molecule has 4 aliphatic rings. The van der Waals surface area contributed by atoms with Crippen molar-refractivity contribution in [2.75, 3.05) is 0 Å². The normalized spacial score (nSPS) is 49.3. The molecule has 0 aromatic rings. The topological polar surface area (TPSA) is 59.1 Å². The van der Waals surface area contributed by atoms with Crippen molar-refractivity contribution in [1.82, 2.24) is 0 Å². The van der Waals surface area contributed by atoms with Crippen LogP contribution in [0.2, 0.25) is 0 Å². The quantitative estimate of drug-likeness (QED) is 0.494. The first-order chi connectivity index (χ1) is 6.65. The molecule has 14 heavy (non-hydrogen) atoms. The Labute approximate surface area is 84.5 Å². The van der Waals surface area contributed by atoms with Crippen molar-refractivity contribution >= 4 is 6.02 Å². The maximum atomic E-state index is 7.29. The molecule has 0 aromatic heterocycles. The van der Waals surface area contributed by atoms with E-state index in [0.29, 0.717) is 0 Å². The van der Waals surface area contributed by atoms with Crippen molar-refractivity contribution in [3.8, 4) is 0 Å². The molecule has 0 spiro atoms. The first-order valence-electron chi connectivity index (χ1n) is 5.68. The van der Waals surface area contributed by atoms with Crippen molar-refractivity contribution in [3.63, 3.8) is 0 Å². The molecule has 3 nitrogen and oxygen atoms in total. The molecule has 0 atom stereocenters. The van der Waals surface area contributed by atoms with Crippen LogP contribution in [0.15, 0.2) is 0 Å². The molecule has 4 rings (SSSR count). The third kappa shape index (κ3) is 1.22. The van der Waals surface area contributed by atoms with Crippen LogP contribution in [0.25, 0.3) is 0 Å². The van der Waals surface area contributed by atoms with E-state index in [9.17, 15) is 0 Å². The lowest BCUT2D eigenvalue weighted by atomic mass is 9.54. The van der Waals surface area contributed by atoms with Gasteiger partial charge in [-0.3, -0.25) is 5.41 Å². The number of hydrogen-bond acceptors (Lipinski definition) is 2. The fraction of sp³-hybridized carbons (Fsp3) is 0.909. The van der Waals surface area contributed by atoms with Crippen LogP contribution in [0, 0.1) is 23.2 Å². The summed E-state index contributed by atoms with van der Waals surface area (Å²) in [6.45, 7) is 0. The van der Waals surface area contributed by atoms with Gasteiger partial charge in [0.25, 0.3) is 6.02 Å². The highest BCUT2D eigenvalue weighted by atomic mass is 16.5. The van der Waals surface area contributed by atoms with Gasteiger partial charge in [-0.2, -0.15) is 0 Å². The number of nitrogens with two attached hydrogens (primary N) is 1. The van der Waals surface area contributed by atoms with E-state index in [-0.39, 0.29) is 11.6 Å². The summed E-state index contributed by atoms with van der Waals surface area (Å²) in [6.07, 6.45) is 7.66. The first-order valence-corrected chi connectivity index (χ1v) is 5.68. The first kappa shape index (κ1) is 8.57. The molecule has 4 fully saturated rings. The number of nitrogens with one attached hydrogen (secondary N) is 1. The van der Waals surface area contributed by atoms with E-state index in [1.807, 2.05) is 0 Å².